The number of halogens is 1. The number of alkyl halides is 1. The van der Waals surface area contributed by atoms with Crippen LogP contribution in [0.4, 0.5) is 4.39 Å². The number of hydrogen-bond acceptors (Lipinski definition) is 2. The molecule has 0 aliphatic rings. The minimum absolute atomic E-state index is 0.315. The molecule has 0 radical (unpaired) electrons. The van der Waals surface area contributed by atoms with E-state index >= 15 is 0 Å². The van der Waals surface area contributed by atoms with Crippen LogP contribution in [0.15, 0.2) is 12.2 Å². The molecule has 64 valence electrons. The molecule has 0 aromatic carbocycles. The fourth-order valence-corrected chi connectivity index (χ4v) is 0.457. The van der Waals surface area contributed by atoms with Gasteiger partial charge in [0.1, 0.15) is 5.67 Å². The molecule has 0 rings (SSSR count). The monoisotopic (exact) mass is 160 g/mol. The number of allylic oxidation sites excluding steroid dienone is 1. The van der Waals surface area contributed by atoms with Crippen molar-refractivity contribution >= 4 is 5.97 Å². The molecule has 0 saturated heterocycles. The maximum atomic E-state index is 12.7. The SMILES string of the molecule is CCOC(=O)/C=C/C(C)(C)F. The van der Waals surface area contributed by atoms with E-state index in [9.17, 15) is 9.18 Å². The van der Waals surface area contributed by atoms with Crippen LogP contribution < -0.4 is 0 Å². The van der Waals surface area contributed by atoms with Crippen LogP contribution in [0.2, 0.25) is 0 Å². The van der Waals surface area contributed by atoms with E-state index in [1.165, 1.54) is 19.9 Å². The predicted molar refractivity (Wildman–Crippen MR) is 41.0 cm³/mol. The molecule has 3 heteroatoms. The highest BCUT2D eigenvalue weighted by atomic mass is 19.1. The summed E-state index contributed by atoms with van der Waals surface area (Å²) in [5, 5.41) is 0. The number of ether oxygens (including phenoxy) is 1. The van der Waals surface area contributed by atoms with Gasteiger partial charge in [-0.15, -0.1) is 0 Å². The molecule has 0 fully saturated rings. The first-order valence-electron chi connectivity index (χ1n) is 3.50. The summed E-state index contributed by atoms with van der Waals surface area (Å²) in [6.45, 7) is 4.74. The molecule has 11 heavy (non-hydrogen) atoms. The molecule has 0 aromatic rings. The summed E-state index contributed by atoms with van der Waals surface area (Å²) in [4.78, 5) is 10.6. The van der Waals surface area contributed by atoms with Crippen LogP contribution in [0, 0.1) is 0 Å². The lowest BCUT2D eigenvalue weighted by Gasteiger charge is -2.05. The Bertz CT molecular complexity index is 156. The molecule has 2 nitrogen and oxygen atoms in total. The van der Waals surface area contributed by atoms with Gasteiger partial charge in [-0.3, -0.25) is 0 Å². The Balaban J connectivity index is 3.83. The van der Waals surface area contributed by atoms with Gasteiger partial charge in [-0.05, 0) is 26.8 Å². The molecule has 0 N–H and O–H groups in total. The summed E-state index contributed by atoms with van der Waals surface area (Å²) in [5.41, 5.74) is -1.45. The van der Waals surface area contributed by atoms with Gasteiger partial charge in [0.25, 0.3) is 0 Å². The second-order valence-corrected chi connectivity index (χ2v) is 2.65. The average Bonchev–Trinajstić information content (AvgIpc) is 1.83. The zero-order chi connectivity index (χ0) is 8.91. The smallest absolute Gasteiger partial charge is 0.330 e. The number of carbonyl (C=O) groups excluding carboxylic acids is 1. The molecule has 0 aliphatic heterocycles. The van der Waals surface area contributed by atoms with Crippen LogP contribution in [-0.4, -0.2) is 18.2 Å². The molecule has 0 spiro atoms. The van der Waals surface area contributed by atoms with Gasteiger partial charge < -0.3 is 4.74 Å². The summed E-state index contributed by atoms with van der Waals surface area (Å²) >= 11 is 0. The summed E-state index contributed by atoms with van der Waals surface area (Å²) < 4.78 is 17.2. The van der Waals surface area contributed by atoms with Crippen molar-refractivity contribution in [3.8, 4) is 0 Å². The highest BCUT2D eigenvalue weighted by molar-refractivity contribution is 5.82. The van der Waals surface area contributed by atoms with Gasteiger partial charge in [0.2, 0.25) is 0 Å². The first-order valence-corrected chi connectivity index (χ1v) is 3.50. The van der Waals surface area contributed by atoms with Gasteiger partial charge >= 0.3 is 5.97 Å². The second-order valence-electron chi connectivity index (χ2n) is 2.65. The van der Waals surface area contributed by atoms with E-state index < -0.39 is 11.6 Å². The van der Waals surface area contributed by atoms with E-state index in [0.29, 0.717) is 6.61 Å². The normalized spacial score (nSPS) is 12.0. The van der Waals surface area contributed by atoms with Crippen molar-refractivity contribution in [3.05, 3.63) is 12.2 Å². The van der Waals surface area contributed by atoms with E-state index in [1.54, 1.807) is 6.92 Å². The standard InChI is InChI=1S/C8H13FO2/c1-4-11-7(10)5-6-8(2,3)9/h5-6H,4H2,1-3H3/b6-5+. The zero-order valence-electron chi connectivity index (χ0n) is 7.06. The number of rotatable bonds is 3. The number of hydrogen-bond donors (Lipinski definition) is 0. The van der Waals surface area contributed by atoms with E-state index in [1.807, 2.05) is 0 Å². The van der Waals surface area contributed by atoms with Crippen LogP contribution >= 0.6 is 0 Å². The fraction of sp³-hybridized carbons (Fsp3) is 0.625. The lowest BCUT2D eigenvalue weighted by atomic mass is 10.1. The predicted octanol–water partition coefficient (Wildman–Crippen LogP) is 1.85. The number of esters is 1. The third-order valence-corrected chi connectivity index (χ3v) is 0.902. The molecule has 0 heterocycles. The van der Waals surface area contributed by atoms with E-state index in [-0.39, 0.29) is 0 Å². The Morgan fingerprint density at radius 2 is 2.18 bits per heavy atom. The van der Waals surface area contributed by atoms with Crippen molar-refractivity contribution in [1.82, 2.24) is 0 Å². The van der Waals surface area contributed by atoms with Crippen molar-refractivity contribution < 1.29 is 13.9 Å². The van der Waals surface area contributed by atoms with Crippen molar-refractivity contribution in [2.24, 2.45) is 0 Å². The van der Waals surface area contributed by atoms with Crippen LogP contribution in [0.1, 0.15) is 20.8 Å². The molecule has 0 unspecified atom stereocenters. The highest BCUT2D eigenvalue weighted by Crippen LogP contribution is 2.09. The summed E-state index contributed by atoms with van der Waals surface area (Å²) in [5.74, 6) is -0.502. The molecule has 0 amide bonds. The topological polar surface area (TPSA) is 26.3 Å². The molecule has 0 aromatic heterocycles. The minimum Gasteiger partial charge on any atom is -0.463 e. The van der Waals surface area contributed by atoms with Crippen molar-refractivity contribution in [2.75, 3.05) is 6.61 Å². The van der Waals surface area contributed by atoms with Gasteiger partial charge in [-0.25, -0.2) is 9.18 Å². The molecule has 0 saturated carbocycles. The average molecular weight is 160 g/mol. The lowest BCUT2D eigenvalue weighted by molar-refractivity contribution is -0.137. The molecule has 0 aliphatic carbocycles. The Kier molecular flexibility index (Phi) is 3.79. The quantitative estimate of drug-likeness (QED) is 0.465. The van der Waals surface area contributed by atoms with Crippen LogP contribution in [-0.2, 0) is 9.53 Å². The summed E-state index contributed by atoms with van der Waals surface area (Å²) in [6.07, 6.45) is 2.27. The summed E-state index contributed by atoms with van der Waals surface area (Å²) in [6, 6.07) is 0. The van der Waals surface area contributed by atoms with Crippen molar-refractivity contribution in [1.29, 1.82) is 0 Å². The van der Waals surface area contributed by atoms with Gasteiger partial charge in [-0.2, -0.15) is 0 Å². The lowest BCUT2D eigenvalue weighted by Crippen LogP contribution is -2.08. The largest absolute Gasteiger partial charge is 0.463 e. The second kappa shape index (κ2) is 4.11. The Hall–Kier alpha value is -0.860. The fourth-order valence-electron chi connectivity index (χ4n) is 0.457. The molecule has 0 bridgehead atoms. The van der Waals surface area contributed by atoms with Crippen LogP contribution in [0.5, 0.6) is 0 Å². The van der Waals surface area contributed by atoms with Crippen LogP contribution in [0.25, 0.3) is 0 Å². The molecular weight excluding hydrogens is 147 g/mol. The third-order valence-electron chi connectivity index (χ3n) is 0.902. The van der Waals surface area contributed by atoms with Crippen molar-refractivity contribution in [2.45, 2.75) is 26.4 Å². The Morgan fingerprint density at radius 3 is 2.55 bits per heavy atom. The summed E-state index contributed by atoms with van der Waals surface area (Å²) in [7, 11) is 0. The third kappa shape index (κ3) is 7.03. The number of carbonyl (C=O) groups is 1. The van der Waals surface area contributed by atoms with Crippen molar-refractivity contribution in [3.63, 3.8) is 0 Å². The van der Waals surface area contributed by atoms with E-state index in [4.69, 9.17) is 0 Å². The van der Waals surface area contributed by atoms with E-state index in [0.717, 1.165) is 6.08 Å². The van der Waals surface area contributed by atoms with Gasteiger partial charge in [0, 0.05) is 6.08 Å². The van der Waals surface area contributed by atoms with E-state index in [2.05, 4.69) is 4.74 Å². The highest BCUT2D eigenvalue weighted by Gasteiger charge is 2.10. The zero-order valence-corrected chi connectivity index (χ0v) is 7.06. The van der Waals surface area contributed by atoms with Crippen LogP contribution in [0.3, 0.4) is 0 Å². The minimum atomic E-state index is -1.45. The maximum Gasteiger partial charge on any atom is 0.330 e. The molecular formula is C8H13FO2. The van der Waals surface area contributed by atoms with Gasteiger partial charge in [0.05, 0.1) is 6.61 Å². The first-order chi connectivity index (χ1) is 4.95. The first kappa shape index (κ1) is 10.1. The Labute approximate surface area is 66.0 Å². The maximum absolute atomic E-state index is 12.7. The van der Waals surface area contributed by atoms with Gasteiger partial charge in [0.15, 0.2) is 0 Å². The molecule has 0 atom stereocenters. The van der Waals surface area contributed by atoms with Gasteiger partial charge in [-0.1, -0.05) is 0 Å². The Morgan fingerprint density at radius 1 is 1.64 bits per heavy atom.